The minimum atomic E-state index is -0.0507. The van der Waals surface area contributed by atoms with Crippen LogP contribution >= 0.6 is 24.2 Å². The number of rotatable bonds is 4. The van der Waals surface area contributed by atoms with Gasteiger partial charge in [-0.15, -0.1) is 12.4 Å². The van der Waals surface area contributed by atoms with Crippen LogP contribution < -0.4 is 11.1 Å². The average Bonchev–Trinajstić information content (AvgIpc) is 2.88. The summed E-state index contributed by atoms with van der Waals surface area (Å²) in [5.74, 6) is 0.594. The predicted molar refractivity (Wildman–Crippen MR) is 80.9 cm³/mol. The van der Waals surface area contributed by atoms with E-state index < -0.39 is 0 Å². The molecule has 108 valence electrons. The molecule has 2 atom stereocenters. The van der Waals surface area contributed by atoms with Gasteiger partial charge in [0.05, 0.1) is 12.1 Å². The number of halogens is 1. The van der Waals surface area contributed by atoms with Crippen molar-refractivity contribution in [3.8, 4) is 0 Å². The highest BCUT2D eigenvalue weighted by Gasteiger charge is 2.23. The summed E-state index contributed by atoms with van der Waals surface area (Å²) in [4.78, 5) is 12.0. The molecule has 1 saturated carbocycles. The van der Waals surface area contributed by atoms with Gasteiger partial charge < -0.3 is 15.5 Å². The molecule has 6 heteroatoms. The Bertz CT molecular complexity index is 411. The number of carbonyl (C=O) groups is 1. The highest BCUT2D eigenvalue weighted by atomic mass is 35.5. The predicted octanol–water partition coefficient (Wildman–Crippen LogP) is 2.56. The SMILES string of the molecule is CSC1CCCC(NC(=O)c2coc(CN)c2)C1.Cl. The number of thioether (sulfide) groups is 1. The van der Waals surface area contributed by atoms with Crippen LogP contribution in [0.15, 0.2) is 16.7 Å². The van der Waals surface area contributed by atoms with Crippen LogP contribution in [-0.2, 0) is 6.54 Å². The molecule has 0 aromatic carbocycles. The van der Waals surface area contributed by atoms with Crippen molar-refractivity contribution in [3.05, 3.63) is 23.7 Å². The third kappa shape index (κ3) is 4.44. The fourth-order valence-corrected chi connectivity index (χ4v) is 3.19. The Hall–Kier alpha value is -0.650. The van der Waals surface area contributed by atoms with Crippen LogP contribution in [0.1, 0.15) is 41.8 Å². The molecule has 1 amide bonds. The van der Waals surface area contributed by atoms with Gasteiger partial charge in [-0.05, 0) is 31.6 Å². The average molecular weight is 305 g/mol. The van der Waals surface area contributed by atoms with Gasteiger partial charge in [0.25, 0.3) is 5.91 Å². The van der Waals surface area contributed by atoms with Crippen LogP contribution in [0.3, 0.4) is 0 Å². The fourth-order valence-electron chi connectivity index (χ4n) is 2.37. The first-order valence-corrected chi connectivity index (χ1v) is 7.63. The molecular formula is C13H21ClN2O2S. The summed E-state index contributed by atoms with van der Waals surface area (Å²) >= 11 is 1.89. The Balaban J connectivity index is 0.00000180. The first-order chi connectivity index (χ1) is 8.72. The number of nitrogens with one attached hydrogen (secondary N) is 1. The van der Waals surface area contributed by atoms with Crippen molar-refractivity contribution in [1.29, 1.82) is 0 Å². The van der Waals surface area contributed by atoms with E-state index >= 15 is 0 Å². The van der Waals surface area contributed by atoms with Gasteiger partial charge in [-0.3, -0.25) is 4.79 Å². The summed E-state index contributed by atoms with van der Waals surface area (Å²) in [6, 6.07) is 2.00. The molecule has 0 bridgehead atoms. The van der Waals surface area contributed by atoms with Crippen LogP contribution in [0.2, 0.25) is 0 Å². The smallest absolute Gasteiger partial charge is 0.254 e. The summed E-state index contributed by atoms with van der Waals surface area (Å²) in [5.41, 5.74) is 6.03. The standard InChI is InChI=1S/C13H20N2O2S.ClH/c1-18-12-4-2-3-10(6-12)15-13(16)9-5-11(7-14)17-8-9;/h5,8,10,12H,2-4,6-7,14H2,1H3,(H,15,16);1H. The van der Waals surface area contributed by atoms with Crippen molar-refractivity contribution < 1.29 is 9.21 Å². The minimum absolute atomic E-state index is 0. The van der Waals surface area contributed by atoms with Crippen molar-refractivity contribution in [2.45, 2.75) is 43.5 Å². The Kier molecular flexibility index (Phi) is 6.75. The quantitative estimate of drug-likeness (QED) is 0.897. The molecule has 0 radical (unpaired) electrons. The molecular weight excluding hydrogens is 284 g/mol. The van der Waals surface area contributed by atoms with Gasteiger partial charge in [-0.2, -0.15) is 11.8 Å². The second-order valence-corrected chi connectivity index (χ2v) is 5.84. The summed E-state index contributed by atoms with van der Waals surface area (Å²) < 4.78 is 5.18. The number of hydrogen-bond acceptors (Lipinski definition) is 4. The largest absolute Gasteiger partial charge is 0.467 e. The lowest BCUT2D eigenvalue weighted by Gasteiger charge is -2.28. The Labute approximate surface area is 124 Å². The molecule has 0 spiro atoms. The molecule has 0 saturated heterocycles. The van der Waals surface area contributed by atoms with Gasteiger partial charge in [0.1, 0.15) is 12.0 Å². The Morgan fingerprint density at radius 1 is 1.58 bits per heavy atom. The normalized spacial score (nSPS) is 22.6. The van der Waals surface area contributed by atoms with Crippen LogP contribution in [-0.4, -0.2) is 23.5 Å². The molecule has 1 aliphatic carbocycles. The number of carbonyl (C=O) groups excluding carboxylic acids is 1. The van der Waals surface area contributed by atoms with Crippen LogP contribution in [0, 0.1) is 0 Å². The van der Waals surface area contributed by atoms with E-state index in [1.54, 1.807) is 6.07 Å². The summed E-state index contributed by atoms with van der Waals surface area (Å²) in [6.07, 6.45) is 8.20. The lowest BCUT2D eigenvalue weighted by molar-refractivity contribution is 0.0928. The molecule has 4 nitrogen and oxygen atoms in total. The van der Waals surface area contributed by atoms with E-state index in [4.69, 9.17) is 10.2 Å². The van der Waals surface area contributed by atoms with E-state index in [0.29, 0.717) is 29.2 Å². The summed E-state index contributed by atoms with van der Waals surface area (Å²) in [5, 5.41) is 3.76. The molecule has 1 aromatic rings. The summed E-state index contributed by atoms with van der Waals surface area (Å²) in [7, 11) is 0. The van der Waals surface area contributed by atoms with Crippen molar-refractivity contribution in [2.75, 3.05) is 6.26 Å². The van der Waals surface area contributed by atoms with Gasteiger partial charge in [-0.25, -0.2) is 0 Å². The van der Waals surface area contributed by atoms with Gasteiger partial charge in [-0.1, -0.05) is 6.42 Å². The van der Waals surface area contributed by atoms with Crippen molar-refractivity contribution >= 4 is 30.1 Å². The van der Waals surface area contributed by atoms with E-state index in [1.807, 2.05) is 11.8 Å². The van der Waals surface area contributed by atoms with Gasteiger partial charge in [0.15, 0.2) is 0 Å². The zero-order valence-corrected chi connectivity index (χ0v) is 12.7. The second kappa shape index (κ2) is 7.82. The van der Waals surface area contributed by atoms with E-state index in [0.717, 1.165) is 12.8 Å². The third-order valence-corrected chi connectivity index (χ3v) is 4.51. The van der Waals surface area contributed by atoms with E-state index in [9.17, 15) is 4.79 Å². The third-order valence-electron chi connectivity index (χ3n) is 3.41. The molecule has 2 rings (SSSR count). The van der Waals surface area contributed by atoms with Crippen molar-refractivity contribution in [2.24, 2.45) is 5.73 Å². The van der Waals surface area contributed by atoms with Crippen LogP contribution in [0.25, 0.3) is 0 Å². The zero-order chi connectivity index (χ0) is 13.0. The number of amides is 1. The second-order valence-electron chi connectivity index (χ2n) is 4.70. The van der Waals surface area contributed by atoms with Crippen molar-refractivity contribution in [3.63, 3.8) is 0 Å². The number of nitrogens with two attached hydrogens (primary N) is 1. The monoisotopic (exact) mass is 304 g/mol. The lowest BCUT2D eigenvalue weighted by Crippen LogP contribution is -2.38. The fraction of sp³-hybridized carbons (Fsp3) is 0.615. The Morgan fingerprint density at radius 2 is 2.37 bits per heavy atom. The first-order valence-electron chi connectivity index (χ1n) is 6.34. The zero-order valence-electron chi connectivity index (χ0n) is 11.1. The van der Waals surface area contributed by atoms with Gasteiger partial charge in [0.2, 0.25) is 0 Å². The maximum atomic E-state index is 12.0. The summed E-state index contributed by atoms with van der Waals surface area (Å²) in [6.45, 7) is 0.325. The molecule has 2 unspecified atom stereocenters. The van der Waals surface area contributed by atoms with Gasteiger partial charge in [0, 0.05) is 11.3 Å². The van der Waals surface area contributed by atoms with Gasteiger partial charge >= 0.3 is 0 Å². The Morgan fingerprint density at radius 3 is 3.00 bits per heavy atom. The minimum Gasteiger partial charge on any atom is -0.467 e. The highest BCUT2D eigenvalue weighted by Crippen LogP contribution is 2.27. The number of hydrogen-bond donors (Lipinski definition) is 2. The maximum absolute atomic E-state index is 12.0. The number of furan rings is 1. The molecule has 3 N–H and O–H groups in total. The molecule has 1 fully saturated rings. The van der Waals surface area contributed by atoms with E-state index in [-0.39, 0.29) is 18.3 Å². The first kappa shape index (κ1) is 16.4. The molecule has 0 aliphatic heterocycles. The molecule has 1 aromatic heterocycles. The topological polar surface area (TPSA) is 68.3 Å². The van der Waals surface area contributed by atoms with E-state index in [2.05, 4.69) is 11.6 Å². The highest BCUT2D eigenvalue weighted by molar-refractivity contribution is 7.99. The van der Waals surface area contributed by atoms with Crippen molar-refractivity contribution in [1.82, 2.24) is 5.32 Å². The molecule has 19 heavy (non-hydrogen) atoms. The van der Waals surface area contributed by atoms with Crippen LogP contribution in [0.4, 0.5) is 0 Å². The molecule has 1 heterocycles. The van der Waals surface area contributed by atoms with Crippen LogP contribution in [0.5, 0.6) is 0 Å². The maximum Gasteiger partial charge on any atom is 0.254 e. The molecule has 1 aliphatic rings. The lowest BCUT2D eigenvalue weighted by atomic mass is 9.95. The van der Waals surface area contributed by atoms with E-state index in [1.165, 1.54) is 19.1 Å².